The van der Waals surface area contributed by atoms with Crippen LogP contribution in [-0.4, -0.2) is 29.0 Å². The monoisotopic (exact) mass is 329 g/mol. The molecule has 0 spiro atoms. The van der Waals surface area contributed by atoms with Crippen molar-refractivity contribution in [3.05, 3.63) is 51.5 Å². The van der Waals surface area contributed by atoms with Crippen LogP contribution in [0.15, 0.2) is 30.3 Å². The number of carbonyl (C=O) groups is 1. The van der Waals surface area contributed by atoms with Gasteiger partial charge in [-0.25, -0.2) is 9.78 Å². The van der Waals surface area contributed by atoms with E-state index < -0.39 is 0 Å². The van der Waals surface area contributed by atoms with E-state index in [0.29, 0.717) is 12.5 Å². The van der Waals surface area contributed by atoms with Gasteiger partial charge in [0.2, 0.25) is 0 Å². The number of likely N-dealkylation sites (tertiary alicyclic amines) is 1. The molecule has 1 aromatic carbocycles. The Kier molecular flexibility index (Phi) is 4.96. The SMILES string of the molecule is Cc1nc(C2CCN(C(=O)NCc3ccccc3)CC2)sc1C. The van der Waals surface area contributed by atoms with Gasteiger partial charge >= 0.3 is 6.03 Å². The zero-order chi connectivity index (χ0) is 16.2. The summed E-state index contributed by atoms with van der Waals surface area (Å²) in [5.41, 5.74) is 2.28. The number of hydrogen-bond donors (Lipinski definition) is 1. The molecular formula is C18H23N3OS. The minimum absolute atomic E-state index is 0.0406. The number of aryl methyl sites for hydroxylation is 2. The Morgan fingerprint density at radius 2 is 1.96 bits per heavy atom. The molecule has 1 aromatic heterocycles. The third kappa shape index (κ3) is 3.91. The van der Waals surface area contributed by atoms with E-state index in [9.17, 15) is 4.79 Å². The molecule has 5 heteroatoms. The summed E-state index contributed by atoms with van der Waals surface area (Å²) in [7, 11) is 0. The third-order valence-corrected chi connectivity index (χ3v) is 5.70. The van der Waals surface area contributed by atoms with Gasteiger partial charge in [0.15, 0.2) is 0 Å². The Hall–Kier alpha value is -1.88. The molecule has 3 rings (SSSR count). The van der Waals surface area contributed by atoms with E-state index in [4.69, 9.17) is 0 Å². The van der Waals surface area contributed by atoms with Gasteiger partial charge in [-0.3, -0.25) is 0 Å². The van der Waals surface area contributed by atoms with Crippen LogP contribution in [-0.2, 0) is 6.54 Å². The molecule has 1 fully saturated rings. The predicted molar refractivity (Wildman–Crippen MR) is 93.8 cm³/mol. The number of piperidine rings is 1. The molecule has 122 valence electrons. The van der Waals surface area contributed by atoms with E-state index in [1.165, 1.54) is 9.88 Å². The summed E-state index contributed by atoms with van der Waals surface area (Å²) in [6.07, 6.45) is 2.01. The second-order valence-electron chi connectivity index (χ2n) is 6.10. The van der Waals surface area contributed by atoms with Crippen molar-refractivity contribution in [2.24, 2.45) is 0 Å². The molecular weight excluding hydrogens is 306 g/mol. The molecule has 0 aliphatic carbocycles. The lowest BCUT2D eigenvalue weighted by Gasteiger charge is -2.31. The molecule has 0 saturated carbocycles. The summed E-state index contributed by atoms with van der Waals surface area (Å²) in [4.78, 5) is 20.2. The van der Waals surface area contributed by atoms with E-state index in [2.05, 4.69) is 24.1 Å². The first kappa shape index (κ1) is 16.0. The Morgan fingerprint density at radius 3 is 2.57 bits per heavy atom. The third-order valence-electron chi connectivity index (χ3n) is 4.46. The van der Waals surface area contributed by atoms with Crippen molar-refractivity contribution in [1.29, 1.82) is 0 Å². The predicted octanol–water partition coefficient (Wildman–Crippen LogP) is 3.85. The number of thiazole rings is 1. The highest BCUT2D eigenvalue weighted by Crippen LogP contribution is 2.32. The fourth-order valence-corrected chi connectivity index (χ4v) is 3.98. The minimum atomic E-state index is 0.0406. The van der Waals surface area contributed by atoms with Crippen molar-refractivity contribution in [3.8, 4) is 0 Å². The second kappa shape index (κ2) is 7.13. The molecule has 1 aliphatic rings. The Morgan fingerprint density at radius 1 is 1.26 bits per heavy atom. The first-order valence-electron chi connectivity index (χ1n) is 8.14. The molecule has 2 aromatic rings. The highest BCUT2D eigenvalue weighted by atomic mass is 32.1. The van der Waals surface area contributed by atoms with E-state index in [1.54, 1.807) is 0 Å². The van der Waals surface area contributed by atoms with Crippen LogP contribution in [0.3, 0.4) is 0 Å². The zero-order valence-electron chi connectivity index (χ0n) is 13.7. The number of rotatable bonds is 3. The molecule has 1 N–H and O–H groups in total. The molecule has 2 amide bonds. The molecule has 1 aliphatic heterocycles. The molecule has 4 nitrogen and oxygen atoms in total. The summed E-state index contributed by atoms with van der Waals surface area (Å²) >= 11 is 1.81. The van der Waals surface area contributed by atoms with Crippen molar-refractivity contribution in [3.63, 3.8) is 0 Å². The molecule has 0 radical (unpaired) electrons. The van der Waals surface area contributed by atoms with E-state index in [0.717, 1.165) is 37.2 Å². The zero-order valence-corrected chi connectivity index (χ0v) is 14.5. The van der Waals surface area contributed by atoms with Crippen LogP contribution in [0.1, 0.15) is 39.9 Å². The van der Waals surface area contributed by atoms with Gasteiger partial charge in [0.05, 0.1) is 10.7 Å². The number of carbonyl (C=O) groups excluding carboxylic acids is 1. The summed E-state index contributed by atoms with van der Waals surface area (Å²) in [6.45, 7) is 6.40. The molecule has 0 unspecified atom stereocenters. The van der Waals surface area contributed by atoms with Crippen LogP contribution in [0, 0.1) is 13.8 Å². The van der Waals surface area contributed by atoms with Gasteiger partial charge in [0.25, 0.3) is 0 Å². The van der Waals surface area contributed by atoms with Crippen molar-refractivity contribution in [1.82, 2.24) is 15.2 Å². The summed E-state index contributed by atoms with van der Waals surface area (Å²) in [5, 5.41) is 4.25. The van der Waals surface area contributed by atoms with Crippen molar-refractivity contribution in [2.45, 2.75) is 39.2 Å². The number of benzene rings is 1. The summed E-state index contributed by atoms with van der Waals surface area (Å²) in [5.74, 6) is 0.505. The quantitative estimate of drug-likeness (QED) is 0.929. The van der Waals surface area contributed by atoms with Gasteiger partial charge in [-0.2, -0.15) is 0 Å². The van der Waals surface area contributed by atoms with Crippen LogP contribution in [0.25, 0.3) is 0 Å². The Labute approximate surface area is 141 Å². The van der Waals surface area contributed by atoms with Crippen LogP contribution in [0.2, 0.25) is 0 Å². The molecule has 1 saturated heterocycles. The molecule has 0 atom stereocenters. The maximum Gasteiger partial charge on any atom is 0.317 e. The second-order valence-corrected chi connectivity index (χ2v) is 7.33. The first-order valence-corrected chi connectivity index (χ1v) is 8.96. The summed E-state index contributed by atoms with van der Waals surface area (Å²) < 4.78 is 0. The van der Waals surface area contributed by atoms with Crippen LogP contribution < -0.4 is 5.32 Å². The normalized spacial score (nSPS) is 15.7. The lowest BCUT2D eigenvalue weighted by atomic mass is 9.98. The topological polar surface area (TPSA) is 45.2 Å². The number of hydrogen-bond acceptors (Lipinski definition) is 3. The van der Waals surface area contributed by atoms with Gasteiger partial charge in [0.1, 0.15) is 0 Å². The first-order chi connectivity index (χ1) is 11.1. The maximum atomic E-state index is 12.3. The fraction of sp³-hybridized carbons (Fsp3) is 0.444. The highest BCUT2D eigenvalue weighted by Gasteiger charge is 2.25. The lowest BCUT2D eigenvalue weighted by molar-refractivity contribution is 0.181. The molecule has 0 bridgehead atoms. The van der Waals surface area contributed by atoms with Gasteiger partial charge in [-0.15, -0.1) is 11.3 Å². The minimum Gasteiger partial charge on any atom is -0.334 e. The van der Waals surface area contributed by atoms with Crippen molar-refractivity contribution in [2.75, 3.05) is 13.1 Å². The van der Waals surface area contributed by atoms with Crippen LogP contribution in [0.5, 0.6) is 0 Å². The summed E-state index contributed by atoms with van der Waals surface area (Å²) in [6, 6.07) is 10.1. The smallest absolute Gasteiger partial charge is 0.317 e. The van der Waals surface area contributed by atoms with Crippen LogP contribution >= 0.6 is 11.3 Å². The molecule has 2 heterocycles. The van der Waals surface area contributed by atoms with Crippen molar-refractivity contribution >= 4 is 17.4 Å². The van der Waals surface area contributed by atoms with Gasteiger partial charge < -0.3 is 10.2 Å². The number of amides is 2. The Balaban J connectivity index is 1.49. The lowest BCUT2D eigenvalue weighted by Crippen LogP contribution is -2.43. The van der Waals surface area contributed by atoms with E-state index in [1.807, 2.05) is 46.6 Å². The maximum absolute atomic E-state index is 12.3. The van der Waals surface area contributed by atoms with Crippen LogP contribution in [0.4, 0.5) is 4.79 Å². The highest BCUT2D eigenvalue weighted by molar-refractivity contribution is 7.11. The number of nitrogens with one attached hydrogen (secondary N) is 1. The average Bonchev–Trinajstić information content (AvgIpc) is 2.93. The van der Waals surface area contributed by atoms with E-state index >= 15 is 0 Å². The average molecular weight is 329 g/mol. The largest absolute Gasteiger partial charge is 0.334 e. The van der Waals surface area contributed by atoms with Gasteiger partial charge in [-0.1, -0.05) is 30.3 Å². The van der Waals surface area contributed by atoms with Gasteiger partial charge in [-0.05, 0) is 32.3 Å². The Bertz CT molecular complexity index is 641. The fourth-order valence-electron chi connectivity index (χ4n) is 2.89. The number of urea groups is 1. The van der Waals surface area contributed by atoms with E-state index in [-0.39, 0.29) is 6.03 Å². The number of aromatic nitrogens is 1. The number of nitrogens with zero attached hydrogens (tertiary/aromatic N) is 2. The van der Waals surface area contributed by atoms with Gasteiger partial charge in [0, 0.05) is 30.4 Å². The standard InChI is InChI=1S/C18H23N3OS/c1-13-14(2)23-17(20-13)16-8-10-21(11-9-16)18(22)19-12-15-6-4-3-5-7-15/h3-7,16H,8-12H2,1-2H3,(H,19,22). The van der Waals surface area contributed by atoms with Crippen molar-refractivity contribution < 1.29 is 4.79 Å². The molecule has 23 heavy (non-hydrogen) atoms.